The Bertz CT molecular complexity index is 596. The van der Waals surface area contributed by atoms with Gasteiger partial charge in [-0.3, -0.25) is 4.79 Å². The zero-order chi connectivity index (χ0) is 15.1. The number of carbonyl (C=O) groups excluding carboxylic acids is 2. The van der Waals surface area contributed by atoms with E-state index in [-0.39, 0.29) is 18.6 Å². The van der Waals surface area contributed by atoms with Crippen molar-refractivity contribution in [1.82, 2.24) is 5.32 Å². The molecule has 21 heavy (non-hydrogen) atoms. The monoisotopic (exact) mass is 283 g/mol. The van der Waals surface area contributed by atoms with Crippen molar-refractivity contribution in [3.8, 4) is 0 Å². The smallest absolute Gasteiger partial charge is 0.338 e. The van der Waals surface area contributed by atoms with Crippen LogP contribution < -0.4 is 5.32 Å². The van der Waals surface area contributed by atoms with E-state index >= 15 is 0 Å². The van der Waals surface area contributed by atoms with Gasteiger partial charge in [-0.1, -0.05) is 48.5 Å². The Morgan fingerprint density at radius 3 is 2.19 bits per heavy atom. The first kappa shape index (κ1) is 14.8. The Labute approximate surface area is 123 Å². The molecule has 0 aliphatic heterocycles. The van der Waals surface area contributed by atoms with E-state index in [9.17, 15) is 9.59 Å². The summed E-state index contributed by atoms with van der Waals surface area (Å²) in [5.41, 5.74) is 1.43. The third-order valence-corrected chi connectivity index (χ3v) is 3.02. The summed E-state index contributed by atoms with van der Waals surface area (Å²) >= 11 is 0. The molecule has 0 heterocycles. The molecule has 4 nitrogen and oxygen atoms in total. The number of amides is 1. The normalized spacial score (nSPS) is 11.5. The minimum absolute atomic E-state index is 0.130. The van der Waals surface area contributed by atoms with Crippen molar-refractivity contribution < 1.29 is 14.3 Å². The lowest BCUT2D eigenvalue weighted by Gasteiger charge is -2.14. The number of hydrogen-bond donors (Lipinski definition) is 1. The topological polar surface area (TPSA) is 55.4 Å². The number of benzene rings is 2. The lowest BCUT2D eigenvalue weighted by atomic mass is 10.1. The minimum Gasteiger partial charge on any atom is -0.452 e. The first-order valence-corrected chi connectivity index (χ1v) is 6.73. The van der Waals surface area contributed by atoms with E-state index in [2.05, 4.69) is 5.32 Å². The van der Waals surface area contributed by atoms with Crippen LogP contribution in [0.1, 0.15) is 28.9 Å². The summed E-state index contributed by atoms with van der Waals surface area (Å²) in [5, 5.41) is 2.79. The number of carbonyl (C=O) groups is 2. The van der Waals surface area contributed by atoms with Crippen molar-refractivity contribution in [2.45, 2.75) is 13.0 Å². The van der Waals surface area contributed by atoms with Crippen LogP contribution in [0.4, 0.5) is 0 Å². The predicted octanol–water partition coefficient (Wildman–Crippen LogP) is 2.72. The molecule has 0 saturated heterocycles. The van der Waals surface area contributed by atoms with Crippen LogP contribution in [0.5, 0.6) is 0 Å². The Morgan fingerprint density at radius 2 is 1.57 bits per heavy atom. The molecule has 108 valence electrons. The molecule has 0 aliphatic carbocycles. The number of ether oxygens (including phenoxy) is 1. The molecule has 0 unspecified atom stereocenters. The Morgan fingerprint density at radius 1 is 1.00 bits per heavy atom. The van der Waals surface area contributed by atoms with Crippen LogP contribution in [0.2, 0.25) is 0 Å². The van der Waals surface area contributed by atoms with Crippen LogP contribution >= 0.6 is 0 Å². The van der Waals surface area contributed by atoms with Gasteiger partial charge in [-0.15, -0.1) is 0 Å². The van der Waals surface area contributed by atoms with E-state index in [1.165, 1.54) is 0 Å². The first-order valence-electron chi connectivity index (χ1n) is 6.73. The van der Waals surface area contributed by atoms with Crippen LogP contribution in [0.25, 0.3) is 0 Å². The molecule has 2 aromatic rings. The molecule has 2 aromatic carbocycles. The minimum atomic E-state index is -0.502. The van der Waals surface area contributed by atoms with E-state index in [1.807, 2.05) is 43.3 Å². The maximum absolute atomic E-state index is 11.8. The van der Waals surface area contributed by atoms with E-state index in [1.54, 1.807) is 24.3 Å². The molecule has 0 saturated carbocycles. The molecule has 1 amide bonds. The summed E-state index contributed by atoms with van der Waals surface area (Å²) in [6, 6.07) is 18.1. The number of nitrogens with one attached hydrogen (secondary N) is 1. The summed E-state index contributed by atoms with van der Waals surface area (Å²) in [4.78, 5) is 23.5. The second-order valence-electron chi connectivity index (χ2n) is 4.64. The Kier molecular flexibility index (Phi) is 5.10. The SMILES string of the molecule is C[C@@H](NC(=O)COC(=O)c1ccccc1)c1ccccc1. The van der Waals surface area contributed by atoms with Gasteiger partial charge in [-0.25, -0.2) is 4.79 Å². The molecule has 1 N–H and O–H groups in total. The van der Waals surface area contributed by atoms with Crippen LogP contribution in [-0.2, 0) is 9.53 Å². The van der Waals surface area contributed by atoms with E-state index < -0.39 is 5.97 Å². The largest absolute Gasteiger partial charge is 0.452 e. The van der Waals surface area contributed by atoms with Crippen LogP contribution in [0.15, 0.2) is 60.7 Å². The van der Waals surface area contributed by atoms with Crippen molar-refractivity contribution in [2.24, 2.45) is 0 Å². The predicted molar refractivity (Wildman–Crippen MR) is 79.7 cm³/mol. The molecule has 1 atom stereocenters. The van der Waals surface area contributed by atoms with E-state index in [4.69, 9.17) is 4.74 Å². The van der Waals surface area contributed by atoms with Crippen molar-refractivity contribution in [3.05, 3.63) is 71.8 Å². The van der Waals surface area contributed by atoms with Gasteiger partial charge < -0.3 is 10.1 Å². The lowest BCUT2D eigenvalue weighted by molar-refractivity contribution is -0.124. The van der Waals surface area contributed by atoms with Gasteiger partial charge in [0, 0.05) is 0 Å². The van der Waals surface area contributed by atoms with Gasteiger partial charge in [-0.2, -0.15) is 0 Å². The molecule has 0 radical (unpaired) electrons. The van der Waals surface area contributed by atoms with E-state index in [0.29, 0.717) is 5.56 Å². The van der Waals surface area contributed by atoms with Crippen molar-refractivity contribution in [1.29, 1.82) is 0 Å². The molecular weight excluding hydrogens is 266 g/mol. The quantitative estimate of drug-likeness (QED) is 0.858. The summed E-state index contributed by atoms with van der Waals surface area (Å²) < 4.78 is 4.98. The third-order valence-electron chi connectivity index (χ3n) is 3.02. The highest BCUT2D eigenvalue weighted by Crippen LogP contribution is 2.10. The van der Waals surface area contributed by atoms with Gasteiger partial charge in [0.1, 0.15) is 0 Å². The highest BCUT2D eigenvalue weighted by molar-refractivity contribution is 5.91. The summed E-state index contributed by atoms with van der Waals surface area (Å²) in [5.74, 6) is -0.825. The fourth-order valence-electron chi connectivity index (χ4n) is 1.90. The van der Waals surface area contributed by atoms with Gasteiger partial charge >= 0.3 is 5.97 Å². The van der Waals surface area contributed by atoms with Crippen LogP contribution in [-0.4, -0.2) is 18.5 Å². The maximum atomic E-state index is 11.8. The zero-order valence-corrected chi connectivity index (χ0v) is 11.8. The first-order chi connectivity index (χ1) is 10.2. The van der Waals surface area contributed by atoms with Gasteiger partial charge in [0.05, 0.1) is 11.6 Å². The molecule has 0 fully saturated rings. The number of hydrogen-bond acceptors (Lipinski definition) is 3. The zero-order valence-electron chi connectivity index (χ0n) is 11.8. The third kappa shape index (κ3) is 4.45. The summed E-state index contributed by atoms with van der Waals surface area (Å²) in [7, 11) is 0. The summed E-state index contributed by atoms with van der Waals surface area (Å²) in [6.45, 7) is 1.59. The van der Waals surface area contributed by atoms with Gasteiger partial charge in [0.2, 0.25) is 0 Å². The second-order valence-corrected chi connectivity index (χ2v) is 4.64. The number of rotatable bonds is 5. The summed E-state index contributed by atoms with van der Waals surface area (Å²) in [6.07, 6.45) is 0. The average molecular weight is 283 g/mol. The Balaban J connectivity index is 1.81. The van der Waals surface area contributed by atoms with Crippen molar-refractivity contribution in [2.75, 3.05) is 6.61 Å². The van der Waals surface area contributed by atoms with Crippen molar-refractivity contribution in [3.63, 3.8) is 0 Å². The molecular formula is C17H17NO3. The highest BCUT2D eigenvalue weighted by Gasteiger charge is 2.12. The van der Waals surface area contributed by atoms with E-state index in [0.717, 1.165) is 5.56 Å². The van der Waals surface area contributed by atoms with Crippen LogP contribution in [0, 0.1) is 0 Å². The standard InChI is InChI=1S/C17H17NO3/c1-13(14-8-4-2-5-9-14)18-16(19)12-21-17(20)15-10-6-3-7-11-15/h2-11,13H,12H2,1H3,(H,18,19)/t13-/m1/s1. The Hall–Kier alpha value is -2.62. The maximum Gasteiger partial charge on any atom is 0.338 e. The molecule has 0 spiro atoms. The van der Waals surface area contributed by atoms with Gasteiger partial charge in [0.25, 0.3) is 5.91 Å². The highest BCUT2D eigenvalue weighted by atomic mass is 16.5. The fraction of sp³-hybridized carbons (Fsp3) is 0.176. The molecule has 0 aliphatic rings. The second kappa shape index (κ2) is 7.24. The average Bonchev–Trinajstić information content (AvgIpc) is 2.54. The van der Waals surface area contributed by atoms with Crippen molar-refractivity contribution >= 4 is 11.9 Å². The fourth-order valence-corrected chi connectivity index (χ4v) is 1.90. The molecule has 0 bridgehead atoms. The lowest BCUT2D eigenvalue weighted by Crippen LogP contribution is -2.31. The molecule has 2 rings (SSSR count). The molecule has 0 aromatic heterocycles. The van der Waals surface area contributed by atoms with Gasteiger partial charge in [0.15, 0.2) is 6.61 Å². The number of esters is 1. The molecule has 4 heteroatoms. The van der Waals surface area contributed by atoms with Gasteiger partial charge in [-0.05, 0) is 24.6 Å². The van der Waals surface area contributed by atoms with Crippen LogP contribution in [0.3, 0.4) is 0 Å².